The molecule has 1 aliphatic rings. The minimum atomic E-state index is -0.165. The molecule has 10 heteroatoms. The van der Waals surface area contributed by atoms with E-state index in [0.29, 0.717) is 41.2 Å². The van der Waals surface area contributed by atoms with Crippen molar-refractivity contribution in [3.8, 4) is 11.6 Å². The van der Waals surface area contributed by atoms with Crippen LogP contribution in [0.4, 0.5) is 5.82 Å². The van der Waals surface area contributed by atoms with E-state index in [1.807, 2.05) is 74.5 Å². The summed E-state index contributed by atoms with van der Waals surface area (Å²) < 4.78 is 9.37. The fourth-order valence-corrected chi connectivity index (χ4v) is 4.69. The second kappa shape index (κ2) is 8.76. The number of benzene rings is 2. The van der Waals surface area contributed by atoms with Gasteiger partial charge in [0, 0.05) is 22.9 Å². The van der Waals surface area contributed by atoms with Gasteiger partial charge >= 0.3 is 0 Å². The highest BCUT2D eigenvalue weighted by atomic mass is 35.5. The first-order chi connectivity index (χ1) is 17.5. The molecule has 0 saturated carbocycles. The Morgan fingerprint density at radius 2 is 1.89 bits per heavy atom. The molecule has 0 radical (unpaired) electrons. The van der Waals surface area contributed by atoms with Gasteiger partial charge < -0.3 is 10.1 Å². The first-order valence-corrected chi connectivity index (χ1v) is 11.9. The Morgan fingerprint density at radius 3 is 2.72 bits per heavy atom. The minimum Gasteiger partial charge on any atom is -0.489 e. The molecule has 1 aliphatic heterocycles. The van der Waals surface area contributed by atoms with E-state index in [9.17, 15) is 4.79 Å². The number of nitrogens with zero attached hydrogens (tertiary/aromatic N) is 6. The summed E-state index contributed by atoms with van der Waals surface area (Å²) in [5.41, 5.74) is 4.44. The zero-order valence-corrected chi connectivity index (χ0v) is 20.4. The predicted molar refractivity (Wildman–Crippen MR) is 135 cm³/mol. The fraction of sp³-hybridized carbons (Fsp3) is 0.192. The zero-order chi connectivity index (χ0) is 24.8. The Labute approximate surface area is 211 Å². The maximum absolute atomic E-state index is 12.8. The fourth-order valence-electron chi connectivity index (χ4n) is 4.57. The number of carbonyl (C=O) groups excluding carboxylic acids is 1. The molecule has 6 rings (SSSR count). The number of halogens is 1. The summed E-state index contributed by atoms with van der Waals surface area (Å²) in [6.07, 6.45) is 0.317. The van der Waals surface area contributed by atoms with Crippen molar-refractivity contribution in [1.29, 1.82) is 0 Å². The van der Waals surface area contributed by atoms with Crippen LogP contribution < -0.4 is 10.1 Å². The second-order valence-corrected chi connectivity index (χ2v) is 9.20. The van der Waals surface area contributed by atoms with E-state index in [-0.39, 0.29) is 11.8 Å². The number of aromatic nitrogens is 6. The molecule has 1 amide bonds. The molecular weight excluding hydrogens is 478 g/mol. The normalized spacial score (nSPS) is 15.1. The third kappa shape index (κ3) is 3.97. The number of anilines is 1. The summed E-state index contributed by atoms with van der Waals surface area (Å²) in [4.78, 5) is 12.8. The first kappa shape index (κ1) is 22.2. The smallest absolute Gasteiger partial charge is 0.226 e. The van der Waals surface area contributed by atoms with Crippen molar-refractivity contribution in [1.82, 2.24) is 29.6 Å². The maximum Gasteiger partial charge on any atom is 0.226 e. The van der Waals surface area contributed by atoms with E-state index in [2.05, 4.69) is 20.6 Å². The molecule has 4 heterocycles. The van der Waals surface area contributed by atoms with Crippen molar-refractivity contribution in [2.75, 3.05) is 5.32 Å². The van der Waals surface area contributed by atoms with Crippen molar-refractivity contribution < 1.29 is 9.53 Å². The molecule has 1 N–H and O–H groups in total. The average molecular weight is 500 g/mol. The number of rotatable bonds is 5. The summed E-state index contributed by atoms with van der Waals surface area (Å²) in [6.45, 7) is 4.20. The van der Waals surface area contributed by atoms with E-state index in [1.54, 1.807) is 9.20 Å². The zero-order valence-electron chi connectivity index (χ0n) is 19.6. The quantitative estimate of drug-likeness (QED) is 0.378. The summed E-state index contributed by atoms with van der Waals surface area (Å²) in [5.74, 6) is 2.34. The van der Waals surface area contributed by atoms with Gasteiger partial charge in [0.25, 0.3) is 0 Å². The molecule has 9 nitrogen and oxygen atoms in total. The molecule has 180 valence electrons. The number of aryl methyl sites for hydroxylation is 2. The molecule has 0 aliphatic carbocycles. The summed E-state index contributed by atoms with van der Waals surface area (Å²) in [7, 11) is 0. The number of fused-ring (bicyclic) bond motifs is 2. The number of nitrogens with one attached hydrogen (secondary N) is 1. The minimum absolute atomic E-state index is 0.0808. The van der Waals surface area contributed by atoms with Gasteiger partial charge in [-0.2, -0.15) is 14.3 Å². The summed E-state index contributed by atoms with van der Waals surface area (Å²) >= 11 is 5.98. The molecule has 1 atom stereocenters. The Balaban J connectivity index is 1.34. The number of hydrogen-bond acceptors (Lipinski definition) is 6. The van der Waals surface area contributed by atoms with Gasteiger partial charge in [-0.05, 0) is 61.4 Å². The first-order valence-electron chi connectivity index (χ1n) is 11.5. The highest BCUT2D eigenvalue weighted by molar-refractivity contribution is 6.30. The second-order valence-electron chi connectivity index (χ2n) is 8.76. The van der Waals surface area contributed by atoms with E-state index < -0.39 is 0 Å². The summed E-state index contributed by atoms with van der Waals surface area (Å²) in [6, 6.07) is 19.1. The number of amides is 1. The van der Waals surface area contributed by atoms with Crippen molar-refractivity contribution in [3.05, 3.63) is 93.9 Å². The maximum atomic E-state index is 12.8. The van der Waals surface area contributed by atoms with Crippen molar-refractivity contribution in [2.24, 2.45) is 0 Å². The Kier molecular flexibility index (Phi) is 5.41. The van der Waals surface area contributed by atoms with Crippen molar-refractivity contribution in [3.63, 3.8) is 0 Å². The van der Waals surface area contributed by atoms with Crippen LogP contribution >= 0.6 is 11.6 Å². The number of ether oxygens (including phenoxy) is 1. The Morgan fingerprint density at radius 1 is 1.06 bits per heavy atom. The molecule has 0 fully saturated rings. The Hall–Kier alpha value is -4.24. The highest BCUT2D eigenvalue weighted by Gasteiger charge is 2.33. The van der Waals surface area contributed by atoms with E-state index in [4.69, 9.17) is 21.4 Å². The lowest BCUT2D eigenvalue weighted by Crippen LogP contribution is -2.25. The molecule has 0 bridgehead atoms. The van der Waals surface area contributed by atoms with Crippen molar-refractivity contribution in [2.45, 2.75) is 32.8 Å². The van der Waals surface area contributed by atoms with Gasteiger partial charge in [0.05, 0.1) is 5.69 Å². The predicted octanol–water partition coefficient (Wildman–Crippen LogP) is 4.63. The van der Waals surface area contributed by atoms with Crippen LogP contribution in [0.25, 0.3) is 11.5 Å². The van der Waals surface area contributed by atoms with Crippen LogP contribution in [-0.2, 0) is 11.4 Å². The molecule has 0 saturated heterocycles. The lowest BCUT2D eigenvalue weighted by Gasteiger charge is -2.24. The largest absolute Gasteiger partial charge is 0.489 e. The van der Waals surface area contributed by atoms with E-state index >= 15 is 0 Å². The van der Waals surface area contributed by atoms with Gasteiger partial charge in [0.2, 0.25) is 5.91 Å². The molecule has 3 aromatic heterocycles. The van der Waals surface area contributed by atoms with Crippen LogP contribution in [0, 0.1) is 13.8 Å². The van der Waals surface area contributed by atoms with Crippen LogP contribution in [0.1, 0.15) is 40.5 Å². The molecule has 0 spiro atoms. The van der Waals surface area contributed by atoms with Gasteiger partial charge in [-0.25, -0.2) is 0 Å². The molecule has 5 aromatic rings. The topological polar surface area (TPSA) is 99.2 Å². The van der Waals surface area contributed by atoms with Gasteiger partial charge in [-0.1, -0.05) is 35.9 Å². The summed E-state index contributed by atoms with van der Waals surface area (Å²) in [5, 5.41) is 21.2. The molecular formula is C26H22ClN7O2. The average Bonchev–Trinajstić information content (AvgIpc) is 3.42. The van der Waals surface area contributed by atoms with E-state index in [1.165, 1.54) is 0 Å². The third-order valence-corrected chi connectivity index (χ3v) is 6.56. The lowest BCUT2D eigenvalue weighted by molar-refractivity contribution is -0.116. The van der Waals surface area contributed by atoms with Crippen LogP contribution in [0.3, 0.4) is 0 Å². The van der Waals surface area contributed by atoms with Crippen molar-refractivity contribution >= 4 is 29.0 Å². The monoisotopic (exact) mass is 499 g/mol. The van der Waals surface area contributed by atoms with Gasteiger partial charge in [-0.3, -0.25) is 4.79 Å². The van der Waals surface area contributed by atoms with Gasteiger partial charge in [-0.15, -0.1) is 15.3 Å². The molecule has 36 heavy (non-hydrogen) atoms. The Bertz CT molecular complexity index is 1610. The standard InChI is InChI=1S/C26H22ClN7O2/c1-15-25-21(18-4-3-5-20(12-18)36-14-17-6-8-19(27)9-7-17)13-24(35)28-26(25)34(31-15)23-11-10-22-30-29-16(2)33(22)32-23/h3-12,21H,13-14H2,1-2H3,(H,28,35)/t21-/m1/s1. The van der Waals surface area contributed by atoms with Gasteiger partial charge in [0.15, 0.2) is 17.3 Å². The van der Waals surface area contributed by atoms with E-state index in [0.717, 1.165) is 28.1 Å². The number of carbonyl (C=O) groups is 1. The SMILES string of the molecule is Cc1nn(-c2ccc3nnc(C)n3n2)c2c1[C@@H](c1cccc(OCc3ccc(Cl)cc3)c1)CC(=O)N2. The van der Waals surface area contributed by atoms with Crippen LogP contribution in [0.5, 0.6) is 5.75 Å². The molecule has 2 aromatic carbocycles. The highest BCUT2D eigenvalue weighted by Crippen LogP contribution is 2.40. The lowest BCUT2D eigenvalue weighted by atomic mass is 9.86. The molecule has 0 unspecified atom stereocenters. The van der Waals surface area contributed by atoms with Crippen LogP contribution in [0.15, 0.2) is 60.7 Å². The third-order valence-electron chi connectivity index (χ3n) is 6.30. The van der Waals surface area contributed by atoms with Crippen LogP contribution in [-0.4, -0.2) is 35.5 Å². The van der Waals surface area contributed by atoms with Gasteiger partial charge in [0.1, 0.15) is 18.2 Å². The van der Waals surface area contributed by atoms with Crippen LogP contribution in [0.2, 0.25) is 5.02 Å². The number of hydrogen-bond donors (Lipinski definition) is 1.